The first kappa shape index (κ1) is 13.5. The maximum atomic E-state index is 11.9. The van der Waals surface area contributed by atoms with Crippen LogP contribution in [0.15, 0.2) is 0 Å². The molecule has 0 aromatic rings. The van der Waals surface area contributed by atoms with Gasteiger partial charge in [0.25, 0.3) is 0 Å². The zero-order chi connectivity index (χ0) is 11.8. The van der Waals surface area contributed by atoms with Crippen LogP contribution in [-0.2, 0) is 4.79 Å². The summed E-state index contributed by atoms with van der Waals surface area (Å²) in [5.41, 5.74) is 0. The molecule has 16 heavy (non-hydrogen) atoms. The zero-order valence-corrected chi connectivity index (χ0v) is 10.8. The summed E-state index contributed by atoms with van der Waals surface area (Å²) < 4.78 is 0. The van der Waals surface area contributed by atoms with Crippen LogP contribution in [0.2, 0.25) is 0 Å². The molecule has 1 heterocycles. The SMILES string of the molecule is CCCCCCCC(=O)N1CCNC[C@@H]1C. The van der Waals surface area contributed by atoms with E-state index in [9.17, 15) is 4.79 Å². The molecular weight excluding hydrogens is 200 g/mol. The average Bonchev–Trinajstić information content (AvgIpc) is 2.29. The number of rotatable bonds is 6. The Balaban J connectivity index is 2.13. The highest BCUT2D eigenvalue weighted by Crippen LogP contribution is 2.10. The third-order valence-corrected chi connectivity index (χ3v) is 3.32. The molecule has 0 aliphatic carbocycles. The van der Waals surface area contributed by atoms with Crippen LogP contribution >= 0.6 is 0 Å². The summed E-state index contributed by atoms with van der Waals surface area (Å²) in [5.74, 6) is 0.352. The van der Waals surface area contributed by atoms with Crippen molar-refractivity contribution in [3.63, 3.8) is 0 Å². The molecule has 0 aromatic heterocycles. The first-order valence-corrected chi connectivity index (χ1v) is 6.76. The van der Waals surface area contributed by atoms with E-state index in [0.717, 1.165) is 32.5 Å². The van der Waals surface area contributed by atoms with Crippen molar-refractivity contribution >= 4 is 5.91 Å². The Morgan fingerprint density at radius 1 is 1.31 bits per heavy atom. The van der Waals surface area contributed by atoms with Crippen molar-refractivity contribution in [3.05, 3.63) is 0 Å². The number of hydrogen-bond acceptors (Lipinski definition) is 2. The van der Waals surface area contributed by atoms with Crippen LogP contribution in [0.25, 0.3) is 0 Å². The van der Waals surface area contributed by atoms with E-state index in [1.165, 1.54) is 25.7 Å². The van der Waals surface area contributed by atoms with Gasteiger partial charge in [0.15, 0.2) is 0 Å². The smallest absolute Gasteiger partial charge is 0.222 e. The number of nitrogens with one attached hydrogen (secondary N) is 1. The zero-order valence-electron chi connectivity index (χ0n) is 10.8. The molecule has 1 aliphatic heterocycles. The molecule has 0 bridgehead atoms. The summed E-state index contributed by atoms with van der Waals surface area (Å²) in [4.78, 5) is 14.0. The summed E-state index contributed by atoms with van der Waals surface area (Å²) >= 11 is 0. The van der Waals surface area contributed by atoms with Crippen molar-refractivity contribution in [1.29, 1.82) is 0 Å². The van der Waals surface area contributed by atoms with E-state index in [0.29, 0.717) is 11.9 Å². The van der Waals surface area contributed by atoms with E-state index in [1.54, 1.807) is 0 Å². The molecule has 1 amide bonds. The lowest BCUT2D eigenvalue weighted by Crippen LogP contribution is -2.52. The molecule has 0 unspecified atom stereocenters. The van der Waals surface area contributed by atoms with E-state index in [1.807, 2.05) is 4.90 Å². The quantitative estimate of drug-likeness (QED) is 0.704. The van der Waals surface area contributed by atoms with Crippen LogP contribution in [0.4, 0.5) is 0 Å². The molecule has 0 aromatic carbocycles. The predicted octanol–water partition coefficient (Wildman–Crippen LogP) is 2.17. The van der Waals surface area contributed by atoms with E-state index in [2.05, 4.69) is 19.2 Å². The highest BCUT2D eigenvalue weighted by Gasteiger charge is 2.21. The molecule has 1 fully saturated rings. The van der Waals surface area contributed by atoms with Gasteiger partial charge in [-0.3, -0.25) is 4.79 Å². The second kappa shape index (κ2) is 7.66. The molecule has 1 aliphatic rings. The molecular formula is C13H26N2O. The Morgan fingerprint density at radius 2 is 2.06 bits per heavy atom. The van der Waals surface area contributed by atoms with E-state index >= 15 is 0 Å². The lowest BCUT2D eigenvalue weighted by atomic mass is 10.1. The van der Waals surface area contributed by atoms with Gasteiger partial charge < -0.3 is 10.2 Å². The highest BCUT2D eigenvalue weighted by atomic mass is 16.2. The second-order valence-electron chi connectivity index (χ2n) is 4.80. The van der Waals surface area contributed by atoms with Gasteiger partial charge in [0, 0.05) is 32.1 Å². The third-order valence-electron chi connectivity index (χ3n) is 3.32. The van der Waals surface area contributed by atoms with Crippen LogP contribution < -0.4 is 5.32 Å². The minimum Gasteiger partial charge on any atom is -0.337 e. The van der Waals surface area contributed by atoms with Crippen molar-refractivity contribution < 1.29 is 4.79 Å². The normalized spacial score (nSPS) is 21.1. The van der Waals surface area contributed by atoms with E-state index in [-0.39, 0.29) is 0 Å². The first-order chi connectivity index (χ1) is 7.75. The van der Waals surface area contributed by atoms with Gasteiger partial charge in [-0.1, -0.05) is 32.6 Å². The number of carbonyl (C=O) groups excluding carboxylic acids is 1. The molecule has 94 valence electrons. The molecule has 0 spiro atoms. The largest absolute Gasteiger partial charge is 0.337 e. The number of nitrogens with zero attached hydrogens (tertiary/aromatic N) is 1. The summed E-state index contributed by atoms with van der Waals surface area (Å²) in [6, 6.07) is 0.372. The maximum Gasteiger partial charge on any atom is 0.222 e. The van der Waals surface area contributed by atoms with Gasteiger partial charge >= 0.3 is 0 Å². The Kier molecular flexibility index (Phi) is 6.46. The molecule has 0 saturated carbocycles. The molecule has 1 saturated heterocycles. The van der Waals surface area contributed by atoms with Crippen molar-refractivity contribution in [1.82, 2.24) is 10.2 Å². The molecule has 3 nitrogen and oxygen atoms in total. The van der Waals surface area contributed by atoms with Gasteiger partial charge in [-0.15, -0.1) is 0 Å². The predicted molar refractivity (Wildman–Crippen MR) is 67.4 cm³/mol. The van der Waals surface area contributed by atoms with E-state index < -0.39 is 0 Å². The molecule has 3 heteroatoms. The number of hydrogen-bond donors (Lipinski definition) is 1. The number of amides is 1. The maximum absolute atomic E-state index is 11.9. The van der Waals surface area contributed by atoms with Crippen molar-refractivity contribution in [2.24, 2.45) is 0 Å². The van der Waals surface area contributed by atoms with Gasteiger partial charge in [0.2, 0.25) is 5.91 Å². The minimum atomic E-state index is 0.352. The number of carbonyl (C=O) groups is 1. The van der Waals surface area contributed by atoms with Crippen LogP contribution in [0.3, 0.4) is 0 Å². The van der Waals surface area contributed by atoms with Gasteiger partial charge in [-0.25, -0.2) is 0 Å². The Bertz CT molecular complexity index is 206. The van der Waals surface area contributed by atoms with Gasteiger partial charge in [-0.05, 0) is 13.3 Å². The fraction of sp³-hybridized carbons (Fsp3) is 0.923. The first-order valence-electron chi connectivity index (χ1n) is 6.76. The van der Waals surface area contributed by atoms with Crippen molar-refractivity contribution in [2.75, 3.05) is 19.6 Å². The highest BCUT2D eigenvalue weighted by molar-refractivity contribution is 5.76. The molecule has 1 rings (SSSR count). The monoisotopic (exact) mass is 226 g/mol. The lowest BCUT2D eigenvalue weighted by molar-refractivity contribution is -0.134. The second-order valence-corrected chi connectivity index (χ2v) is 4.80. The molecule has 0 radical (unpaired) electrons. The minimum absolute atomic E-state index is 0.352. The van der Waals surface area contributed by atoms with Gasteiger partial charge in [0.1, 0.15) is 0 Å². The van der Waals surface area contributed by atoms with Crippen LogP contribution in [0.5, 0.6) is 0 Å². The summed E-state index contributed by atoms with van der Waals surface area (Å²) in [7, 11) is 0. The fourth-order valence-electron chi connectivity index (χ4n) is 2.23. The van der Waals surface area contributed by atoms with Crippen LogP contribution in [0, 0.1) is 0 Å². The van der Waals surface area contributed by atoms with Crippen LogP contribution in [-0.4, -0.2) is 36.5 Å². The van der Waals surface area contributed by atoms with Crippen molar-refractivity contribution in [3.8, 4) is 0 Å². The van der Waals surface area contributed by atoms with E-state index in [4.69, 9.17) is 0 Å². The summed E-state index contributed by atoms with van der Waals surface area (Å²) in [6.07, 6.45) is 6.87. The Morgan fingerprint density at radius 3 is 2.75 bits per heavy atom. The lowest BCUT2D eigenvalue weighted by Gasteiger charge is -2.34. The third kappa shape index (κ3) is 4.52. The van der Waals surface area contributed by atoms with Crippen LogP contribution in [0.1, 0.15) is 52.4 Å². The van der Waals surface area contributed by atoms with Crippen molar-refractivity contribution in [2.45, 2.75) is 58.4 Å². The summed E-state index contributed by atoms with van der Waals surface area (Å²) in [5, 5.41) is 3.31. The topological polar surface area (TPSA) is 32.3 Å². The Labute approximate surface area is 99.6 Å². The average molecular weight is 226 g/mol. The Hall–Kier alpha value is -0.570. The standard InChI is InChI=1S/C13H26N2O/c1-3-4-5-6-7-8-13(16)15-10-9-14-11-12(15)2/h12,14H,3-11H2,1-2H3/t12-/m0/s1. The van der Waals surface area contributed by atoms with Gasteiger partial charge in [-0.2, -0.15) is 0 Å². The number of unbranched alkanes of at least 4 members (excludes halogenated alkanes) is 4. The fourth-order valence-corrected chi connectivity index (χ4v) is 2.23. The summed E-state index contributed by atoms with van der Waals surface area (Å²) in [6.45, 7) is 7.12. The molecule has 1 atom stereocenters. The number of piperazine rings is 1. The van der Waals surface area contributed by atoms with Gasteiger partial charge in [0.05, 0.1) is 0 Å². The molecule has 1 N–H and O–H groups in total.